The summed E-state index contributed by atoms with van der Waals surface area (Å²) in [7, 11) is 1.48. The minimum Gasteiger partial charge on any atom is -0.506 e. The van der Waals surface area contributed by atoms with Crippen molar-refractivity contribution in [2.45, 2.75) is 0 Å². The summed E-state index contributed by atoms with van der Waals surface area (Å²) in [4.78, 5) is 21.7. The Morgan fingerprint density at radius 2 is 2.14 bits per heavy atom. The van der Waals surface area contributed by atoms with Crippen LogP contribution in [-0.2, 0) is 0 Å². The monoisotopic (exact) mass is 309 g/mol. The van der Waals surface area contributed by atoms with Gasteiger partial charge < -0.3 is 15.2 Å². The second kappa shape index (κ2) is 6.09. The maximum atomic E-state index is 11.8. The molecular weight excluding hydrogens is 298 g/mol. The van der Waals surface area contributed by atoms with Crippen molar-refractivity contribution in [1.82, 2.24) is 0 Å². The zero-order valence-electron chi connectivity index (χ0n) is 10.8. The van der Waals surface area contributed by atoms with Crippen LogP contribution < -0.4 is 15.4 Å². The van der Waals surface area contributed by atoms with E-state index in [1.165, 1.54) is 30.6 Å². The van der Waals surface area contributed by atoms with Crippen molar-refractivity contribution in [3.63, 3.8) is 0 Å². The number of ether oxygens (including phenoxy) is 1. The molecule has 0 saturated heterocycles. The van der Waals surface area contributed by atoms with Gasteiger partial charge >= 0.3 is 6.03 Å². The number of carbonyl (C=O) groups is 1. The first kappa shape index (κ1) is 14.6. The van der Waals surface area contributed by atoms with Crippen LogP contribution in [0.25, 0.3) is 0 Å². The van der Waals surface area contributed by atoms with Gasteiger partial charge in [0.15, 0.2) is 5.75 Å². The fourth-order valence-corrected chi connectivity index (χ4v) is 2.29. The largest absolute Gasteiger partial charge is 0.506 e. The van der Waals surface area contributed by atoms with Crippen LogP contribution in [0.1, 0.15) is 0 Å². The molecule has 21 heavy (non-hydrogen) atoms. The van der Waals surface area contributed by atoms with E-state index < -0.39 is 16.7 Å². The SMILES string of the molecule is COc1ccsc1NC(=O)Nc1ccc([N+](=O)[O-])cc1O. The van der Waals surface area contributed by atoms with Gasteiger partial charge in [-0.3, -0.25) is 15.4 Å². The van der Waals surface area contributed by atoms with Crippen molar-refractivity contribution in [1.29, 1.82) is 0 Å². The summed E-state index contributed by atoms with van der Waals surface area (Å²) in [6, 6.07) is 4.49. The normalized spacial score (nSPS) is 9.95. The van der Waals surface area contributed by atoms with Gasteiger partial charge in [-0.1, -0.05) is 0 Å². The second-order valence-corrected chi connectivity index (χ2v) is 4.77. The van der Waals surface area contributed by atoms with E-state index in [2.05, 4.69) is 10.6 Å². The smallest absolute Gasteiger partial charge is 0.324 e. The van der Waals surface area contributed by atoms with E-state index in [1.807, 2.05) is 0 Å². The number of non-ortho nitro benzene ring substituents is 1. The molecule has 1 heterocycles. The summed E-state index contributed by atoms with van der Waals surface area (Å²) >= 11 is 1.27. The average molecular weight is 309 g/mol. The number of phenolic OH excluding ortho intramolecular Hbond substituents is 1. The Morgan fingerprint density at radius 1 is 1.38 bits per heavy atom. The first-order chi connectivity index (χ1) is 10.0. The highest BCUT2D eigenvalue weighted by Gasteiger charge is 2.13. The van der Waals surface area contributed by atoms with E-state index in [9.17, 15) is 20.0 Å². The Hall–Kier alpha value is -2.81. The van der Waals surface area contributed by atoms with E-state index in [0.29, 0.717) is 10.8 Å². The molecule has 3 N–H and O–H groups in total. The maximum Gasteiger partial charge on any atom is 0.324 e. The van der Waals surface area contributed by atoms with Gasteiger partial charge in [0.2, 0.25) is 0 Å². The standard InChI is InChI=1S/C12H11N3O5S/c1-20-10-4-5-21-11(10)14-12(17)13-8-3-2-7(15(18)19)6-9(8)16/h2-6,16H,1H3,(H2,13,14,17). The van der Waals surface area contributed by atoms with Crippen LogP contribution >= 0.6 is 11.3 Å². The minimum atomic E-state index is -0.639. The number of aromatic hydroxyl groups is 1. The number of hydrogen-bond donors (Lipinski definition) is 3. The molecule has 0 fully saturated rings. The molecule has 0 bridgehead atoms. The molecule has 1 aromatic carbocycles. The number of hydrogen-bond acceptors (Lipinski definition) is 6. The molecule has 0 aliphatic carbocycles. The number of urea groups is 1. The lowest BCUT2D eigenvalue weighted by Gasteiger charge is -2.08. The summed E-state index contributed by atoms with van der Waals surface area (Å²) in [5.41, 5.74) is -0.202. The Labute approximate surface area is 123 Å². The molecule has 0 aliphatic rings. The van der Waals surface area contributed by atoms with Crippen LogP contribution in [-0.4, -0.2) is 23.2 Å². The number of thiophene rings is 1. The maximum absolute atomic E-state index is 11.8. The van der Waals surface area contributed by atoms with Gasteiger partial charge in [-0.2, -0.15) is 0 Å². The number of rotatable bonds is 4. The van der Waals surface area contributed by atoms with E-state index in [-0.39, 0.29) is 11.4 Å². The number of nitrogens with zero attached hydrogens (tertiary/aromatic N) is 1. The molecule has 0 aliphatic heterocycles. The number of phenols is 1. The topological polar surface area (TPSA) is 114 Å². The van der Waals surface area contributed by atoms with Gasteiger partial charge in [0, 0.05) is 6.07 Å². The highest BCUT2D eigenvalue weighted by atomic mass is 32.1. The lowest BCUT2D eigenvalue weighted by atomic mass is 10.2. The predicted molar refractivity (Wildman–Crippen MR) is 78.3 cm³/mol. The van der Waals surface area contributed by atoms with Gasteiger partial charge in [-0.25, -0.2) is 4.79 Å². The third-order valence-corrected chi connectivity index (χ3v) is 3.33. The molecule has 0 atom stereocenters. The number of nitro benzene ring substituents is 1. The average Bonchev–Trinajstić information content (AvgIpc) is 2.87. The van der Waals surface area contributed by atoms with Gasteiger partial charge in [0.1, 0.15) is 10.8 Å². The molecule has 0 radical (unpaired) electrons. The van der Waals surface area contributed by atoms with E-state index in [1.54, 1.807) is 11.4 Å². The van der Waals surface area contributed by atoms with Crippen LogP contribution in [0.5, 0.6) is 11.5 Å². The van der Waals surface area contributed by atoms with Gasteiger partial charge in [0.25, 0.3) is 5.69 Å². The zero-order chi connectivity index (χ0) is 15.4. The Morgan fingerprint density at radius 3 is 2.76 bits per heavy atom. The highest BCUT2D eigenvalue weighted by molar-refractivity contribution is 7.14. The van der Waals surface area contributed by atoms with Crippen LogP contribution in [0.2, 0.25) is 0 Å². The molecule has 110 valence electrons. The Bertz CT molecular complexity index is 685. The molecule has 0 saturated carbocycles. The summed E-state index contributed by atoms with van der Waals surface area (Å²) in [5.74, 6) is 0.126. The second-order valence-electron chi connectivity index (χ2n) is 3.86. The fourth-order valence-electron chi connectivity index (χ4n) is 1.55. The number of carbonyl (C=O) groups excluding carboxylic acids is 1. The van der Waals surface area contributed by atoms with Crippen LogP contribution in [0.15, 0.2) is 29.6 Å². The summed E-state index contributed by atoms with van der Waals surface area (Å²) in [6.07, 6.45) is 0. The number of benzene rings is 1. The third-order valence-electron chi connectivity index (χ3n) is 2.52. The van der Waals surface area contributed by atoms with E-state index in [4.69, 9.17) is 4.74 Å². The van der Waals surface area contributed by atoms with Crippen molar-refractivity contribution in [3.05, 3.63) is 39.8 Å². The minimum absolute atomic E-state index is 0.0635. The first-order valence-electron chi connectivity index (χ1n) is 5.68. The van der Waals surface area contributed by atoms with Crippen LogP contribution in [0, 0.1) is 10.1 Å². The quantitative estimate of drug-likeness (QED) is 0.456. The van der Waals surface area contributed by atoms with Gasteiger partial charge in [-0.15, -0.1) is 11.3 Å². The number of nitro groups is 1. The fraction of sp³-hybridized carbons (Fsp3) is 0.0833. The Balaban J connectivity index is 2.08. The molecule has 0 unspecified atom stereocenters. The molecule has 2 aromatic rings. The van der Waals surface area contributed by atoms with Crippen LogP contribution in [0.4, 0.5) is 21.2 Å². The lowest BCUT2D eigenvalue weighted by Crippen LogP contribution is -2.19. The van der Waals surface area contributed by atoms with Crippen molar-refractivity contribution in [2.75, 3.05) is 17.7 Å². The number of amides is 2. The summed E-state index contributed by atoms with van der Waals surface area (Å²) in [6.45, 7) is 0. The van der Waals surface area contributed by atoms with E-state index >= 15 is 0 Å². The van der Waals surface area contributed by atoms with Crippen LogP contribution in [0.3, 0.4) is 0 Å². The molecule has 8 nitrogen and oxygen atoms in total. The molecule has 2 rings (SSSR count). The summed E-state index contributed by atoms with van der Waals surface area (Å²) in [5, 5.41) is 27.4. The Kier molecular flexibility index (Phi) is 4.24. The van der Waals surface area contributed by atoms with E-state index in [0.717, 1.165) is 6.07 Å². The van der Waals surface area contributed by atoms with Gasteiger partial charge in [0.05, 0.1) is 23.8 Å². The van der Waals surface area contributed by atoms with Crippen molar-refractivity contribution >= 4 is 33.7 Å². The lowest BCUT2D eigenvalue weighted by molar-refractivity contribution is -0.384. The molecule has 9 heteroatoms. The molecule has 2 amide bonds. The number of anilines is 2. The number of methoxy groups -OCH3 is 1. The number of nitrogens with one attached hydrogen (secondary N) is 2. The van der Waals surface area contributed by atoms with Gasteiger partial charge in [-0.05, 0) is 17.5 Å². The molecular formula is C12H11N3O5S. The predicted octanol–water partition coefficient (Wildman–Crippen LogP) is 3.01. The zero-order valence-corrected chi connectivity index (χ0v) is 11.6. The highest BCUT2D eigenvalue weighted by Crippen LogP contribution is 2.31. The first-order valence-corrected chi connectivity index (χ1v) is 6.56. The molecule has 0 spiro atoms. The van der Waals surface area contributed by atoms with Crippen molar-refractivity contribution in [2.24, 2.45) is 0 Å². The summed E-state index contributed by atoms with van der Waals surface area (Å²) < 4.78 is 5.05. The molecule has 1 aromatic heterocycles. The third kappa shape index (κ3) is 3.39. The van der Waals surface area contributed by atoms with Crippen molar-refractivity contribution in [3.8, 4) is 11.5 Å². The van der Waals surface area contributed by atoms with Crippen molar-refractivity contribution < 1.29 is 19.6 Å².